The van der Waals surface area contributed by atoms with Crippen molar-refractivity contribution >= 4 is 12.1 Å². The van der Waals surface area contributed by atoms with Crippen LogP contribution in [-0.2, 0) is 14.3 Å². The molecule has 0 fully saturated rings. The van der Waals surface area contributed by atoms with Gasteiger partial charge in [0.05, 0.1) is 6.61 Å². The van der Waals surface area contributed by atoms with Crippen molar-refractivity contribution in [1.29, 1.82) is 0 Å². The number of nitrogens with zero attached hydrogens (tertiary/aromatic N) is 1. The molecule has 0 saturated heterocycles. The van der Waals surface area contributed by atoms with Gasteiger partial charge in [0.1, 0.15) is 6.54 Å². The predicted octanol–water partition coefficient (Wildman–Crippen LogP) is 6.49. The second kappa shape index (κ2) is 22.0. The molecule has 0 aliphatic rings. The summed E-state index contributed by atoms with van der Waals surface area (Å²) in [6, 6.07) is 0. The highest BCUT2D eigenvalue weighted by Gasteiger charge is 2.17. The lowest BCUT2D eigenvalue weighted by Crippen LogP contribution is -2.36. The molecular formula is C25H45NO4. The zero-order chi connectivity index (χ0) is 22.3. The number of hydrogen-bond acceptors (Lipinski definition) is 4. The third-order valence-corrected chi connectivity index (χ3v) is 5.25. The number of hydrogen-bond donors (Lipinski definition) is 0. The van der Waals surface area contributed by atoms with Gasteiger partial charge >= 0.3 is 12.1 Å². The van der Waals surface area contributed by atoms with Crippen LogP contribution in [0.1, 0.15) is 110 Å². The van der Waals surface area contributed by atoms with Gasteiger partial charge in [0.25, 0.3) is 0 Å². The molecule has 0 aliphatic carbocycles. The first kappa shape index (κ1) is 28.3. The Morgan fingerprint density at radius 3 is 1.63 bits per heavy atom. The topological polar surface area (TPSA) is 55.8 Å². The molecule has 0 radical (unpaired) electrons. The fraction of sp³-hybridized carbons (Fsp3) is 0.840. The Hall–Kier alpha value is -1.70. The maximum absolute atomic E-state index is 11.8. The van der Waals surface area contributed by atoms with E-state index in [2.05, 4.69) is 12.8 Å². The number of likely N-dealkylation sites (N-methyl/N-ethyl adjacent to an activating group) is 1. The van der Waals surface area contributed by atoms with E-state index in [9.17, 15) is 9.59 Å². The van der Waals surface area contributed by atoms with Crippen LogP contribution in [-0.4, -0.2) is 43.3 Å². The predicted molar refractivity (Wildman–Crippen MR) is 123 cm³/mol. The molecule has 0 aromatic rings. The molecule has 30 heavy (non-hydrogen) atoms. The minimum atomic E-state index is -0.584. The van der Waals surface area contributed by atoms with E-state index in [0.717, 1.165) is 12.8 Å². The average molecular weight is 424 g/mol. The lowest BCUT2D eigenvalue weighted by molar-refractivity contribution is -0.144. The zero-order valence-corrected chi connectivity index (χ0v) is 19.6. The van der Waals surface area contributed by atoms with E-state index in [0.29, 0.717) is 13.2 Å². The normalized spacial score (nSPS) is 10.4. The summed E-state index contributed by atoms with van der Waals surface area (Å²) in [7, 11) is 0. The largest absolute Gasteiger partial charge is 0.464 e. The summed E-state index contributed by atoms with van der Waals surface area (Å²) in [6.45, 7) is 4.63. The number of esters is 1. The van der Waals surface area contributed by atoms with E-state index >= 15 is 0 Å². The lowest BCUT2D eigenvalue weighted by Gasteiger charge is -2.18. The van der Waals surface area contributed by atoms with Crippen LogP contribution in [0.5, 0.6) is 0 Å². The number of unbranched alkanes of at least 4 members (excludes halogenated alkanes) is 14. The SMILES string of the molecule is C#CCOC(=O)N(CC)CC(=O)OCCCCCCCCCCCCCCCCC. The number of rotatable bonds is 20. The van der Waals surface area contributed by atoms with Gasteiger partial charge in [-0.3, -0.25) is 9.69 Å². The van der Waals surface area contributed by atoms with Gasteiger partial charge in [0, 0.05) is 6.54 Å². The standard InChI is InChI=1S/C25H45NO4/c1-4-7-8-9-10-11-12-13-14-15-16-17-18-19-20-22-29-24(27)23-26(6-3)25(28)30-21-5-2/h2H,4,6-23H2,1,3H3. The molecule has 0 saturated carbocycles. The highest BCUT2D eigenvalue weighted by molar-refractivity contribution is 5.78. The third-order valence-electron chi connectivity index (χ3n) is 5.25. The van der Waals surface area contributed by atoms with Crippen molar-refractivity contribution in [3.05, 3.63) is 0 Å². The smallest absolute Gasteiger partial charge is 0.411 e. The molecule has 0 heterocycles. The Kier molecular flexibility index (Phi) is 20.7. The Bertz CT molecular complexity index is 459. The number of terminal acetylenes is 1. The van der Waals surface area contributed by atoms with Crippen LogP contribution in [0.2, 0.25) is 0 Å². The van der Waals surface area contributed by atoms with Crippen LogP contribution in [0.15, 0.2) is 0 Å². The van der Waals surface area contributed by atoms with Crippen LogP contribution in [0.3, 0.4) is 0 Å². The minimum absolute atomic E-state index is 0.0937. The summed E-state index contributed by atoms with van der Waals surface area (Å²) < 4.78 is 10.0. The van der Waals surface area contributed by atoms with Crippen molar-refractivity contribution in [3.8, 4) is 12.3 Å². The summed E-state index contributed by atoms with van der Waals surface area (Å²) >= 11 is 0. The molecule has 5 nitrogen and oxygen atoms in total. The summed E-state index contributed by atoms with van der Waals surface area (Å²) in [4.78, 5) is 24.8. The van der Waals surface area contributed by atoms with Crippen molar-refractivity contribution in [2.45, 2.75) is 110 Å². The van der Waals surface area contributed by atoms with Gasteiger partial charge in [-0.25, -0.2) is 4.79 Å². The fourth-order valence-electron chi connectivity index (χ4n) is 3.36. The van der Waals surface area contributed by atoms with Gasteiger partial charge in [0.2, 0.25) is 0 Å². The zero-order valence-electron chi connectivity index (χ0n) is 19.6. The molecule has 0 unspecified atom stereocenters. The quantitative estimate of drug-likeness (QED) is 0.127. The lowest BCUT2D eigenvalue weighted by atomic mass is 10.0. The molecule has 1 amide bonds. The van der Waals surface area contributed by atoms with Crippen LogP contribution >= 0.6 is 0 Å². The number of carbonyl (C=O) groups is 2. The summed E-state index contributed by atoms with van der Waals surface area (Å²) in [5.41, 5.74) is 0. The first-order valence-corrected chi connectivity index (χ1v) is 12.2. The van der Waals surface area contributed by atoms with E-state index in [1.54, 1.807) is 6.92 Å². The highest BCUT2D eigenvalue weighted by Crippen LogP contribution is 2.13. The van der Waals surface area contributed by atoms with Gasteiger partial charge in [-0.1, -0.05) is 103 Å². The molecule has 0 atom stereocenters. The summed E-state index contributed by atoms with van der Waals surface area (Å²) in [5.74, 6) is 1.83. The van der Waals surface area contributed by atoms with E-state index in [-0.39, 0.29) is 13.2 Å². The number of amides is 1. The van der Waals surface area contributed by atoms with Gasteiger partial charge in [-0.2, -0.15) is 0 Å². The number of ether oxygens (including phenoxy) is 2. The molecule has 0 rings (SSSR count). The monoisotopic (exact) mass is 423 g/mol. The minimum Gasteiger partial charge on any atom is -0.464 e. The van der Waals surface area contributed by atoms with E-state index in [1.165, 1.54) is 88.4 Å². The van der Waals surface area contributed by atoms with E-state index < -0.39 is 12.1 Å². The van der Waals surface area contributed by atoms with Crippen molar-refractivity contribution in [2.24, 2.45) is 0 Å². The first-order chi connectivity index (χ1) is 14.7. The Morgan fingerprint density at radius 2 is 1.20 bits per heavy atom. The Morgan fingerprint density at radius 1 is 0.733 bits per heavy atom. The Balaban J connectivity index is 3.41. The summed E-state index contributed by atoms with van der Waals surface area (Å²) in [6.07, 6.45) is 24.0. The fourth-order valence-corrected chi connectivity index (χ4v) is 3.36. The van der Waals surface area contributed by atoms with Gasteiger partial charge in [0.15, 0.2) is 6.61 Å². The molecule has 0 spiro atoms. The molecule has 174 valence electrons. The molecule has 0 bridgehead atoms. The average Bonchev–Trinajstić information content (AvgIpc) is 2.75. The van der Waals surface area contributed by atoms with E-state index in [4.69, 9.17) is 15.9 Å². The maximum Gasteiger partial charge on any atom is 0.411 e. The second-order valence-corrected chi connectivity index (χ2v) is 7.94. The third kappa shape index (κ3) is 18.3. The Labute approximate surface area is 185 Å². The van der Waals surface area contributed by atoms with Crippen molar-refractivity contribution in [3.63, 3.8) is 0 Å². The van der Waals surface area contributed by atoms with Crippen LogP contribution in [0, 0.1) is 12.3 Å². The van der Waals surface area contributed by atoms with Crippen molar-refractivity contribution < 1.29 is 19.1 Å². The second-order valence-electron chi connectivity index (χ2n) is 7.94. The van der Waals surface area contributed by atoms with Crippen molar-refractivity contribution in [2.75, 3.05) is 26.3 Å². The first-order valence-electron chi connectivity index (χ1n) is 12.2. The van der Waals surface area contributed by atoms with Gasteiger partial charge in [-0.05, 0) is 13.3 Å². The van der Waals surface area contributed by atoms with Gasteiger partial charge in [-0.15, -0.1) is 6.42 Å². The van der Waals surface area contributed by atoms with Crippen molar-refractivity contribution in [1.82, 2.24) is 4.90 Å². The maximum atomic E-state index is 11.8. The van der Waals surface area contributed by atoms with Crippen LogP contribution < -0.4 is 0 Å². The van der Waals surface area contributed by atoms with Gasteiger partial charge < -0.3 is 9.47 Å². The molecule has 5 heteroatoms. The van der Waals surface area contributed by atoms with Crippen LogP contribution in [0.4, 0.5) is 4.79 Å². The molecular weight excluding hydrogens is 378 g/mol. The van der Waals surface area contributed by atoms with E-state index in [1.807, 2.05) is 0 Å². The molecule has 0 aromatic carbocycles. The highest BCUT2D eigenvalue weighted by atomic mass is 16.6. The molecule has 0 aromatic heterocycles. The number of carbonyl (C=O) groups excluding carboxylic acids is 2. The van der Waals surface area contributed by atoms with Crippen LogP contribution in [0.25, 0.3) is 0 Å². The summed E-state index contributed by atoms with van der Waals surface area (Å²) in [5, 5.41) is 0. The molecule has 0 N–H and O–H groups in total. The molecule has 0 aliphatic heterocycles.